The Kier molecular flexibility index (Phi) is 1.49. The van der Waals surface area contributed by atoms with Crippen molar-refractivity contribution in [1.29, 1.82) is 0 Å². The highest BCUT2D eigenvalue weighted by Crippen LogP contribution is 2.31. The van der Waals surface area contributed by atoms with Gasteiger partial charge in [0.15, 0.2) is 0 Å². The summed E-state index contributed by atoms with van der Waals surface area (Å²) >= 11 is 0. The van der Waals surface area contributed by atoms with Gasteiger partial charge in [-0.3, -0.25) is 0 Å². The van der Waals surface area contributed by atoms with Crippen molar-refractivity contribution in [3.05, 3.63) is 34.9 Å². The molecular weight excluding hydrogens is 132 g/mol. The van der Waals surface area contributed by atoms with Crippen molar-refractivity contribution in [2.24, 2.45) is 0 Å². The lowest BCUT2D eigenvalue weighted by Crippen LogP contribution is -2.07. The third-order valence-electron chi connectivity index (χ3n) is 2.75. The average Bonchev–Trinajstić information content (AvgIpc) is 2.02. The minimum Gasteiger partial charge on any atom is -0.0648 e. The van der Waals surface area contributed by atoms with Gasteiger partial charge in [-0.25, -0.2) is 0 Å². The molecule has 1 aromatic rings. The second kappa shape index (κ2) is 2.37. The predicted molar refractivity (Wildman–Crippen MR) is 48.0 cm³/mol. The van der Waals surface area contributed by atoms with Crippen molar-refractivity contribution in [2.75, 3.05) is 0 Å². The Balaban J connectivity index is 2.34. The van der Waals surface area contributed by atoms with E-state index in [1.807, 2.05) is 0 Å². The molecule has 0 nitrogen and oxygen atoms in total. The topological polar surface area (TPSA) is 0 Å². The molecule has 0 spiro atoms. The molecule has 2 aliphatic rings. The SMILES string of the molecule is CC[C@@H](C)c1ccc2cc1C2. The smallest absolute Gasteiger partial charge is 0.00227 e. The van der Waals surface area contributed by atoms with Gasteiger partial charge in [0.2, 0.25) is 0 Å². The monoisotopic (exact) mass is 146 g/mol. The van der Waals surface area contributed by atoms with E-state index in [0.29, 0.717) is 0 Å². The van der Waals surface area contributed by atoms with Crippen LogP contribution in [0.15, 0.2) is 18.2 Å². The van der Waals surface area contributed by atoms with E-state index in [2.05, 4.69) is 32.0 Å². The summed E-state index contributed by atoms with van der Waals surface area (Å²) in [4.78, 5) is 0. The summed E-state index contributed by atoms with van der Waals surface area (Å²) in [6.07, 6.45) is 2.49. The molecule has 0 fully saturated rings. The highest BCUT2D eigenvalue weighted by Gasteiger charge is 2.15. The largest absolute Gasteiger partial charge is 0.0648 e. The zero-order chi connectivity index (χ0) is 7.84. The lowest BCUT2D eigenvalue weighted by Gasteiger charge is -2.22. The molecule has 0 heteroatoms. The summed E-state index contributed by atoms with van der Waals surface area (Å²) in [5.41, 5.74) is 4.66. The molecule has 0 heterocycles. The van der Waals surface area contributed by atoms with Gasteiger partial charge in [0, 0.05) is 0 Å². The van der Waals surface area contributed by atoms with Crippen molar-refractivity contribution in [2.45, 2.75) is 32.6 Å². The first kappa shape index (κ1) is 6.90. The zero-order valence-electron chi connectivity index (χ0n) is 7.22. The van der Waals surface area contributed by atoms with Crippen LogP contribution in [0, 0.1) is 0 Å². The first-order valence-electron chi connectivity index (χ1n) is 4.43. The van der Waals surface area contributed by atoms with Crippen LogP contribution in [-0.2, 0) is 6.42 Å². The Bertz CT molecular complexity index is 270. The van der Waals surface area contributed by atoms with E-state index in [1.54, 1.807) is 11.1 Å². The van der Waals surface area contributed by atoms with E-state index in [0.717, 1.165) is 5.92 Å². The van der Waals surface area contributed by atoms with Crippen molar-refractivity contribution in [3.8, 4) is 0 Å². The first-order valence-corrected chi connectivity index (χ1v) is 4.43. The summed E-state index contributed by atoms with van der Waals surface area (Å²) in [7, 11) is 0. The van der Waals surface area contributed by atoms with Gasteiger partial charge >= 0.3 is 0 Å². The van der Waals surface area contributed by atoms with Gasteiger partial charge in [-0.05, 0) is 35.4 Å². The van der Waals surface area contributed by atoms with Crippen LogP contribution in [0.3, 0.4) is 0 Å². The number of rotatable bonds is 2. The number of benzene rings is 1. The molecule has 58 valence electrons. The minimum absolute atomic E-state index is 0.749. The molecule has 2 bridgehead atoms. The van der Waals surface area contributed by atoms with Crippen molar-refractivity contribution in [3.63, 3.8) is 0 Å². The predicted octanol–water partition coefficient (Wildman–Crippen LogP) is 3.10. The van der Waals surface area contributed by atoms with Gasteiger partial charge < -0.3 is 0 Å². The Morgan fingerprint density at radius 1 is 1.45 bits per heavy atom. The molecule has 1 aromatic carbocycles. The van der Waals surface area contributed by atoms with Crippen LogP contribution in [0.1, 0.15) is 42.9 Å². The summed E-state index contributed by atoms with van der Waals surface area (Å²) in [5.74, 6) is 0.749. The molecule has 0 N–H and O–H groups in total. The van der Waals surface area contributed by atoms with Gasteiger partial charge in [-0.2, -0.15) is 0 Å². The lowest BCUT2D eigenvalue weighted by atomic mass is 9.83. The van der Waals surface area contributed by atoms with Gasteiger partial charge in [0.1, 0.15) is 0 Å². The van der Waals surface area contributed by atoms with Crippen LogP contribution in [-0.4, -0.2) is 0 Å². The van der Waals surface area contributed by atoms with Crippen molar-refractivity contribution in [1.82, 2.24) is 0 Å². The van der Waals surface area contributed by atoms with Crippen LogP contribution in [0.4, 0.5) is 0 Å². The number of hydrogen-bond donors (Lipinski definition) is 0. The van der Waals surface area contributed by atoms with E-state index < -0.39 is 0 Å². The van der Waals surface area contributed by atoms with Crippen molar-refractivity contribution >= 4 is 0 Å². The fourth-order valence-corrected chi connectivity index (χ4v) is 1.71. The maximum atomic E-state index is 2.32. The summed E-state index contributed by atoms with van der Waals surface area (Å²) in [5, 5.41) is 0. The van der Waals surface area contributed by atoms with Crippen molar-refractivity contribution < 1.29 is 0 Å². The van der Waals surface area contributed by atoms with Crippen LogP contribution in [0.5, 0.6) is 0 Å². The number of hydrogen-bond acceptors (Lipinski definition) is 0. The Hall–Kier alpha value is -0.780. The van der Waals surface area contributed by atoms with Crippen LogP contribution >= 0.6 is 0 Å². The summed E-state index contributed by atoms with van der Waals surface area (Å²) < 4.78 is 0. The van der Waals surface area contributed by atoms with Gasteiger partial charge in [0.25, 0.3) is 0 Å². The van der Waals surface area contributed by atoms with Gasteiger partial charge in [-0.15, -0.1) is 0 Å². The van der Waals surface area contributed by atoms with E-state index in [1.165, 1.54) is 18.4 Å². The molecule has 0 saturated heterocycles. The van der Waals surface area contributed by atoms with E-state index >= 15 is 0 Å². The quantitative estimate of drug-likeness (QED) is 0.610. The fraction of sp³-hybridized carbons (Fsp3) is 0.455. The maximum Gasteiger partial charge on any atom is -0.00227 e. The van der Waals surface area contributed by atoms with E-state index in [-0.39, 0.29) is 0 Å². The zero-order valence-corrected chi connectivity index (χ0v) is 7.22. The molecule has 0 aliphatic heterocycles. The lowest BCUT2D eigenvalue weighted by molar-refractivity contribution is 0.718. The molecular formula is C11H14. The molecule has 0 radical (unpaired) electrons. The average molecular weight is 146 g/mol. The van der Waals surface area contributed by atoms with Crippen LogP contribution in [0.25, 0.3) is 0 Å². The first-order chi connectivity index (χ1) is 5.31. The Morgan fingerprint density at radius 3 is 2.64 bits per heavy atom. The molecule has 3 rings (SSSR count). The highest BCUT2D eigenvalue weighted by molar-refractivity contribution is 5.45. The molecule has 0 saturated carbocycles. The molecule has 0 amide bonds. The maximum absolute atomic E-state index is 2.32. The summed E-state index contributed by atoms with van der Waals surface area (Å²) in [6, 6.07) is 6.87. The molecule has 2 aliphatic carbocycles. The molecule has 0 unspecified atom stereocenters. The normalized spacial score (nSPS) is 15.8. The third kappa shape index (κ3) is 0.973. The molecule has 1 atom stereocenters. The van der Waals surface area contributed by atoms with Gasteiger partial charge in [0.05, 0.1) is 0 Å². The standard InChI is InChI=1S/C11H14/c1-3-8(2)11-5-4-9-6-10(11)7-9/h4-6,8H,3,7H2,1-2H3/t8-/m1/s1. The number of fused-ring (bicyclic) bond motifs is 2. The highest BCUT2D eigenvalue weighted by atomic mass is 14.2. The van der Waals surface area contributed by atoms with Gasteiger partial charge in [-0.1, -0.05) is 32.0 Å². The second-order valence-corrected chi connectivity index (χ2v) is 3.52. The van der Waals surface area contributed by atoms with E-state index in [9.17, 15) is 0 Å². The fourth-order valence-electron chi connectivity index (χ4n) is 1.71. The third-order valence-corrected chi connectivity index (χ3v) is 2.75. The minimum atomic E-state index is 0.749. The van der Waals surface area contributed by atoms with E-state index in [4.69, 9.17) is 0 Å². The molecule has 11 heavy (non-hydrogen) atoms. The van der Waals surface area contributed by atoms with Crippen LogP contribution < -0.4 is 0 Å². The second-order valence-electron chi connectivity index (χ2n) is 3.52. The molecule has 0 aromatic heterocycles. The Labute approximate surface area is 68.3 Å². The Morgan fingerprint density at radius 2 is 2.18 bits per heavy atom. The van der Waals surface area contributed by atoms with Crippen LogP contribution in [0.2, 0.25) is 0 Å². The summed E-state index contributed by atoms with van der Waals surface area (Å²) in [6.45, 7) is 4.56.